The minimum Gasteiger partial charge on any atom is -0.0622 e. The van der Waals surface area contributed by atoms with E-state index in [1.807, 2.05) is 0 Å². The Morgan fingerprint density at radius 2 is 1.20 bits per heavy atom. The highest BCUT2D eigenvalue weighted by molar-refractivity contribution is 5.33. The number of benzene rings is 2. The monoisotopic (exact) mass is 266 g/mol. The zero-order valence-corrected chi connectivity index (χ0v) is 13.4. The average molecular weight is 266 g/mol. The van der Waals surface area contributed by atoms with E-state index in [0.717, 1.165) is 0 Å². The summed E-state index contributed by atoms with van der Waals surface area (Å²) < 4.78 is 0. The summed E-state index contributed by atoms with van der Waals surface area (Å²) >= 11 is 0. The predicted octanol–water partition coefficient (Wildman–Crippen LogP) is 5.89. The van der Waals surface area contributed by atoms with E-state index >= 15 is 0 Å². The summed E-state index contributed by atoms with van der Waals surface area (Å²) in [5, 5.41) is 0. The lowest BCUT2D eigenvalue weighted by atomic mass is 9.71. The third-order valence-corrected chi connectivity index (χ3v) is 4.70. The second-order valence-corrected chi connectivity index (χ2v) is 6.63. The van der Waals surface area contributed by atoms with E-state index in [9.17, 15) is 0 Å². The Morgan fingerprint density at radius 3 is 1.70 bits per heavy atom. The fraction of sp³-hybridized carbons (Fsp3) is 0.400. The molecule has 0 aliphatic carbocycles. The Kier molecular flexibility index (Phi) is 4.32. The van der Waals surface area contributed by atoms with Crippen LogP contribution in [0, 0.1) is 0 Å². The molecule has 0 bridgehead atoms. The Balaban J connectivity index is 2.28. The van der Waals surface area contributed by atoms with Crippen molar-refractivity contribution in [2.45, 2.75) is 51.9 Å². The molecule has 2 aromatic rings. The third kappa shape index (κ3) is 2.95. The zero-order chi connectivity index (χ0) is 14.8. The molecule has 2 rings (SSSR count). The van der Waals surface area contributed by atoms with Crippen LogP contribution >= 0.6 is 0 Å². The van der Waals surface area contributed by atoms with Gasteiger partial charge in [-0.2, -0.15) is 0 Å². The third-order valence-electron chi connectivity index (χ3n) is 4.70. The van der Waals surface area contributed by atoms with Gasteiger partial charge in [0.05, 0.1) is 0 Å². The second-order valence-electron chi connectivity index (χ2n) is 6.63. The maximum atomic E-state index is 2.34. The lowest BCUT2D eigenvalue weighted by molar-refractivity contribution is 0.436. The van der Waals surface area contributed by atoms with Crippen molar-refractivity contribution in [2.24, 2.45) is 0 Å². The maximum Gasteiger partial charge on any atom is -0.00376 e. The molecule has 0 saturated heterocycles. The molecule has 2 aromatic carbocycles. The van der Waals surface area contributed by atoms with E-state index in [0.29, 0.717) is 11.8 Å². The van der Waals surface area contributed by atoms with Crippen molar-refractivity contribution in [1.29, 1.82) is 0 Å². The topological polar surface area (TPSA) is 0 Å². The molecule has 0 fully saturated rings. The normalized spacial score (nSPS) is 13.5. The quantitative estimate of drug-likeness (QED) is 0.647. The van der Waals surface area contributed by atoms with Crippen LogP contribution in [0.2, 0.25) is 0 Å². The van der Waals surface area contributed by atoms with Crippen molar-refractivity contribution in [2.75, 3.05) is 0 Å². The molecule has 0 nitrogen and oxygen atoms in total. The van der Waals surface area contributed by atoms with Crippen molar-refractivity contribution >= 4 is 0 Å². The van der Waals surface area contributed by atoms with E-state index in [1.165, 1.54) is 16.7 Å². The van der Waals surface area contributed by atoms with Crippen LogP contribution in [-0.2, 0) is 5.41 Å². The van der Waals surface area contributed by atoms with Gasteiger partial charge in [-0.05, 0) is 33.9 Å². The first-order valence-electron chi connectivity index (χ1n) is 7.58. The average Bonchev–Trinajstić information content (AvgIpc) is 2.47. The fourth-order valence-electron chi connectivity index (χ4n) is 2.70. The molecule has 106 valence electrons. The van der Waals surface area contributed by atoms with Crippen molar-refractivity contribution in [3.05, 3.63) is 71.3 Å². The molecule has 0 aliphatic rings. The molecule has 0 radical (unpaired) electrons. The van der Waals surface area contributed by atoms with Crippen molar-refractivity contribution in [1.82, 2.24) is 0 Å². The number of hydrogen-bond donors (Lipinski definition) is 0. The molecule has 1 unspecified atom stereocenters. The van der Waals surface area contributed by atoms with Gasteiger partial charge in [0.1, 0.15) is 0 Å². The SMILES string of the molecule is CC(C)c1ccc(C(C)C(C)(C)c2ccccc2)cc1. The summed E-state index contributed by atoms with van der Waals surface area (Å²) in [6.07, 6.45) is 0. The molecule has 0 N–H and O–H groups in total. The van der Waals surface area contributed by atoms with Crippen LogP contribution in [0.4, 0.5) is 0 Å². The van der Waals surface area contributed by atoms with E-state index < -0.39 is 0 Å². The Hall–Kier alpha value is -1.56. The van der Waals surface area contributed by atoms with Crippen molar-refractivity contribution in [3.63, 3.8) is 0 Å². The van der Waals surface area contributed by atoms with Gasteiger partial charge >= 0.3 is 0 Å². The number of hydrogen-bond acceptors (Lipinski definition) is 0. The van der Waals surface area contributed by atoms with Gasteiger partial charge < -0.3 is 0 Å². The largest absolute Gasteiger partial charge is 0.0622 e. The Bertz CT molecular complexity index is 532. The zero-order valence-electron chi connectivity index (χ0n) is 13.4. The first kappa shape index (κ1) is 14.8. The predicted molar refractivity (Wildman–Crippen MR) is 88.4 cm³/mol. The van der Waals surface area contributed by atoms with E-state index in [2.05, 4.69) is 89.2 Å². The van der Waals surface area contributed by atoms with Gasteiger partial charge in [0, 0.05) is 0 Å². The molecular weight excluding hydrogens is 240 g/mol. The van der Waals surface area contributed by atoms with Crippen LogP contribution in [0.25, 0.3) is 0 Å². The van der Waals surface area contributed by atoms with Gasteiger partial charge in [-0.25, -0.2) is 0 Å². The van der Waals surface area contributed by atoms with Gasteiger partial charge in [0.15, 0.2) is 0 Å². The molecule has 0 amide bonds. The van der Waals surface area contributed by atoms with E-state index in [1.54, 1.807) is 0 Å². The van der Waals surface area contributed by atoms with Gasteiger partial charge in [-0.3, -0.25) is 0 Å². The van der Waals surface area contributed by atoms with E-state index in [-0.39, 0.29) is 5.41 Å². The Morgan fingerprint density at radius 1 is 0.700 bits per heavy atom. The first-order chi connectivity index (χ1) is 9.43. The Labute approximate surface area is 123 Å². The highest BCUT2D eigenvalue weighted by Crippen LogP contribution is 2.38. The first-order valence-corrected chi connectivity index (χ1v) is 7.58. The molecule has 0 aliphatic heterocycles. The van der Waals surface area contributed by atoms with Crippen LogP contribution in [0.5, 0.6) is 0 Å². The summed E-state index contributed by atoms with van der Waals surface area (Å²) in [7, 11) is 0. The van der Waals surface area contributed by atoms with Crippen LogP contribution in [0.3, 0.4) is 0 Å². The number of rotatable bonds is 4. The van der Waals surface area contributed by atoms with Gasteiger partial charge in [0.2, 0.25) is 0 Å². The van der Waals surface area contributed by atoms with Gasteiger partial charge in [0.25, 0.3) is 0 Å². The summed E-state index contributed by atoms with van der Waals surface area (Å²) in [6.45, 7) is 11.5. The standard InChI is InChI=1S/C20H26/c1-15(2)17-11-13-18(14-12-17)16(3)20(4,5)19-9-7-6-8-10-19/h6-16H,1-5H3. The maximum absolute atomic E-state index is 2.34. The van der Waals surface area contributed by atoms with Crippen LogP contribution in [0.15, 0.2) is 54.6 Å². The smallest absolute Gasteiger partial charge is 0.00376 e. The van der Waals surface area contributed by atoms with Crippen LogP contribution < -0.4 is 0 Å². The van der Waals surface area contributed by atoms with Gasteiger partial charge in [-0.1, -0.05) is 89.2 Å². The summed E-state index contributed by atoms with van der Waals surface area (Å²) in [5.74, 6) is 1.09. The lowest BCUT2D eigenvalue weighted by Gasteiger charge is -2.33. The molecule has 20 heavy (non-hydrogen) atoms. The van der Waals surface area contributed by atoms with Gasteiger partial charge in [-0.15, -0.1) is 0 Å². The molecule has 0 aromatic heterocycles. The second kappa shape index (κ2) is 5.83. The highest BCUT2D eigenvalue weighted by Gasteiger charge is 2.28. The summed E-state index contributed by atoms with van der Waals surface area (Å²) in [4.78, 5) is 0. The van der Waals surface area contributed by atoms with Crippen molar-refractivity contribution < 1.29 is 0 Å². The van der Waals surface area contributed by atoms with Crippen molar-refractivity contribution in [3.8, 4) is 0 Å². The molecule has 1 atom stereocenters. The minimum atomic E-state index is 0.139. The molecule has 0 saturated carbocycles. The summed E-state index contributed by atoms with van der Waals surface area (Å²) in [5.41, 5.74) is 4.38. The molecule has 0 heterocycles. The minimum absolute atomic E-state index is 0.139. The highest BCUT2D eigenvalue weighted by atomic mass is 14.3. The molecule has 0 heteroatoms. The molecule has 0 spiro atoms. The lowest BCUT2D eigenvalue weighted by Crippen LogP contribution is -2.24. The van der Waals surface area contributed by atoms with Crippen LogP contribution in [-0.4, -0.2) is 0 Å². The summed E-state index contributed by atoms with van der Waals surface area (Å²) in [6, 6.07) is 20.0. The van der Waals surface area contributed by atoms with E-state index in [4.69, 9.17) is 0 Å². The van der Waals surface area contributed by atoms with Crippen LogP contribution in [0.1, 0.15) is 63.1 Å². The molecular formula is C20H26. The fourth-order valence-corrected chi connectivity index (χ4v) is 2.70.